The number of amides is 1. The number of aryl methyl sites for hydroxylation is 1. The molecule has 0 fully saturated rings. The number of anilines is 1. The zero-order valence-electron chi connectivity index (χ0n) is 17.8. The Morgan fingerprint density at radius 1 is 1.25 bits per heavy atom. The molecule has 3 heterocycles. The van der Waals surface area contributed by atoms with E-state index in [0.717, 1.165) is 11.4 Å². The van der Waals surface area contributed by atoms with Crippen LogP contribution in [0.2, 0.25) is 0 Å². The first kappa shape index (κ1) is 21.7. The van der Waals surface area contributed by atoms with Gasteiger partial charge in [-0.1, -0.05) is 12.1 Å². The molecule has 4 aromatic rings. The fraction of sp³-hybridized carbons (Fsp3) is 0.286. The Bertz CT molecular complexity index is 1220. The molecule has 166 valence electrons. The van der Waals surface area contributed by atoms with Gasteiger partial charge in [0.05, 0.1) is 25.6 Å². The van der Waals surface area contributed by atoms with Crippen LogP contribution in [0.1, 0.15) is 12.1 Å². The summed E-state index contributed by atoms with van der Waals surface area (Å²) in [6, 6.07) is 7.47. The van der Waals surface area contributed by atoms with Gasteiger partial charge in [0, 0.05) is 18.9 Å². The van der Waals surface area contributed by atoms with E-state index in [4.69, 9.17) is 14.2 Å². The maximum atomic E-state index is 12.9. The third-order valence-corrected chi connectivity index (χ3v) is 5.50. The van der Waals surface area contributed by atoms with Gasteiger partial charge in [0.15, 0.2) is 16.9 Å². The van der Waals surface area contributed by atoms with Gasteiger partial charge in [0.1, 0.15) is 23.2 Å². The Labute approximate surface area is 188 Å². The molecule has 1 atom stereocenters. The molecule has 1 N–H and O–H groups in total. The van der Waals surface area contributed by atoms with Crippen LogP contribution < -0.4 is 14.8 Å². The van der Waals surface area contributed by atoms with E-state index >= 15 is 0 Å². The number of aromatic nitrogens is 5. The number of para-hydroxylation sites is 2. The molecule has 0 unspecified atom stereocenters. The van der Waals surface area contributed by atoms with Crippen LogP contribution in [0, 0.1) is 6.92 Å². The van der Waals surface area contributed by atoms with Crippen LogP contribution in [0.25, 0.3) is 16.7 Å². The summed E-state index contributed by atoms with van der Waals surface area (Å²) in [7, 11) is 3.16. The maximum Gasteiger partial charge on any atom is 0.267 e. The lowest BCUT2D eigenvalue weighted by molar-refractivity contribution is -0.123. The lowest BCUT2D eigenvalue weighted by atomic mass is 10.2. The number of carbonyl (C=O) groups is 1. The van der Waals surface area contributed by atoms with Crippen LogP contribution in [0.4, 0.5) is 5.13 Å². The second-order valence-corrected chi connectivity index (χ2v) is 7.67. The van der Waals surface area contributed by atoms with Gasteiger partial charge in [0.2, 0.25) is 5.88 Å². The Morgan fingerprint density at radius 2 is 2.09 bits per heavy atom. The first-order valence-electron chi connectivity index (χ1n) is 9.81. The monoisotopic (exact) mass is 454 g/mol. The molecule has 4 rings (SSSR count). The summed E-state index contributed by atoms with van der Waals surface area (Å²) in [5.74, 6) is 0.567. The van der Waals surface area contributed by atoms with Crippen LogP contribution >= 0.6 is 11.3 Å². The summed E-state index contributed by atoms with van der Waals surface area (Å²) in [5, 5.41) is 10.2. The van der Waals surface area contributed by atoms with E-state index in [1.807, 2.05) is 36.6 Å². The molecule has 11 heteroatoms. The molecule has 0 aliphatic heterocycles. The lowest BCUT2D eigenvalue weighted by Gasteiger charge is -2.17. The number of hydrogen-bond acceptors (Lipinski definition) is 9. The van der Waals surface area contributed by atoms with E-state index in [1.165, 1.54) is 17.7 Å². The average Bonchev–Trinajstić information content (AvgIpc) is 3.42. The lowest BCUT2D eigenvalue weighted by Crippen LogP contribution is -2.34. The molecule has 1 amide bonds. The summed E-state index contributed by atoms with van der Waals surface area (Å²) >= 11 is 1.35. The van der Waals surface area contributed by atoms with Gasteiger partial charge in [-0.15, -0.1) is 11.3 Å². The van der Waals surface area contributed by atoms with Crippen LogP contribution in [0.5, 0.6) is 11.6 Å². The largest absolute Gasteiger partial charge is 0.494 e. The molecule has 32 heavy (non-hydrogen) atoms. The number of nitrogens with zero attached hydrogens (tertiary/aromatic N) is 5. The van der Waals surface area contributed by atoms with Crippen molar-refractivity contribution in [3.63, 3.8) is 0 Å². The van der Waals surface area contributed by atoms with Crippen molar-refractivity contribution in [3.05, 3.63) is 47.9 Å². The number of carbonyl (C=O) groups excluding carboxylic acids is 1. The molecule has 0 aliphatic rings. The van der Waals surface area contributed by atoms with Gasteiger partial charge in [0.25, 0.3) is 5.91 Å². The molecule has 0 radical (unpaired) electrons. The maximum absolute atomic E-state index is 12.9. The van der Waals surface area contributed by atoms with Gasteiger partial charge in [-0.3, -0.25) is 10.1 Å². The second-order valence-electron chi connectivity index (χ2n) is 6.82. The third-order valence-electron chi connectivity index (χ3n) is 4.62. The first-order valence-corrected chi connectivity index (χ1v) is 10.7. The average molecular weight is 455 g/mol. The smallest absolute Gasteiger partial charge is 0.267 e. The van der Waals surface area contributed by atoms with Crippen LogP contribution in [0.15, 0.2) is 42.2 Å². The molecule has 0 saturated carbocycles. The summed E-state index contributed by atoms with van der Waals surface area (Å²) in [4.78, 5) is 25.7. The predicted octanol–water partition coefficient (Wildman–Crippen LogP) is 3.01. The number of nitrogens with one attached hydrogen (secondary N) is 1. The van der Waals surface area contributed by atoms with Crippen molar-refractivity contribution in [1.29, 1.82) is 0 Å². The number of methoxy groups -OCH3 is 2. The van der Waals surface area contributed by atoms with E-state index in [9.17, 15) is 4.79 Å². The van der Waals surface area contributed by atoms with Gasteiger partial charge < -0.3 is 14.2 Å². The highest BCUT2D eigenvalue weighted by Gasteiger charge is 2.24. The second kappa shape index (κ2) is 9.71. The van der Waals surface area contributed by atoms with Gasteiger partial charge in [-0.25, -0.2) is 19.6 Å². The van der Waals surface area contributed by atoms with Gasteiger partial charge in [-0.2, -0.15) is 5.10 Å². The standard InChI is InChI=1S/C21H22N6O4S/c1-13-11-32-21(25-13)26-19(28)17(8-9-29-2)31-20-14-10-24-27(18(14)22-12-23-20)15-6-4-5-7-16(15)30-3/h4-7,10-12,17H,8-9H2,1-3H3,(H,25,26,28)/t17-/m0/s1. The Hall–Kier alpha value is -3.57. The van der Waals surface area contributed by atoms with E-state index < -0.39 is 6.10 Å². The number of fused-ring (bicyclic) bond motifs is 1. The number of thiazole rings is 1. The minimum atomic E-state index is -0.841. The minimum absolute atomic E-state index is 0.253. The summed E-state index contributed by atoms with van der Waals surface area (Å²) in [5.41, 5.74) is 2.09. The topological polar surface area (TPSA) is 113 Å². The van der Waals surface area contributed by atoms with E-state index in [0.29, 0.717) is 34.9 Å². The Balaban J connectivity index is 1.64. The van der Waals surface area contributed by atoms with Crippen molar-refractivity contribution in [2.75, 3.05) is 26.1 Å². The van der Waals surface area contributed by atoms with Crippen molar-refractivity contribution in [2.45, 2.75) is 19.4 Å². The molecule has 1 aromatic carbocycles. The quantitative estimate of drug-likeness (QED) is 0.411. The number of benzene rings is 1. The highest BCUT2D eigenvalue weighted by atomic mass is 32.1. The molecule has 0 aliphatic carbocycles. The van der Waals surface area contributed by atoms with E-state index in [-0.39, 0.29) is 11.8 Å². The molecular weight excluding hydrogens is 432 g/mol. The van der Waals surface area contributed by atoms with Gasteiger partial charge in [-0.05, 0) is 19.1 Å². The Kier molecular flexibility index (Phi) is 6.57. The summed E-state index contributed by atoms with van der Waals surface area (Å²) < 4.78 is 18.3. The molecule has 0 saturated heterocycles. The predicted molar refractivity (Wildman–Crippen MR) is 120 cm³/mol. The highest BCUT2D eigenvalue weighted by molar-refractivity contribution is 7.13. The Morgan fingerprint density at radius 3 is 2.84 bits per heavy atom. The fourth-order valence-corrected chi connectivity index (χ4v) is 3.79. The van der Waals surface area contributed by atoms with E-state index in [1.54, 1.807) is 25.1 Å². The van der Waals surface area contributed by atoms with Crippen molar-refractivity contribution < 1.29 is 19.0 Å². The number of hydrogen-bond donors (Lipinski definition) is 1. The minimum Gasteiger partial charge on any atom is -0.494 e. The van der Waals surface area contributed by atoms with Gasteiger partial charge >= 0.3 is 0 Å². The number of ether oxygens (including phenoxy) is 3. The normalized spacial score (nSPS) is 12.0. The molecule has 3 aromatic heterocycles. The van der Waals surface area contributed by atoms with Crippen molar-refractivity contribution in [3.8, 4) is 17.3 Å². The molecular formula is C21H22N6O4S. The zero-order chi connectivity index (χ0) is 22.5. The van der Waals surface area contributed by atoms with Crippen molar-refractivity contribution in [2.24, 2.45) is 0 Å². The van der Waals surface area contributed by atoms with Crippen molar-refractivity contribution in [1.82, 2.24) is 24.7 Å². The molecule has 0 bridgehead atoms. The summed E-state index contributed by atoms with van der Waals surface area (Å²) in [6.07, 6.45) is 2.47. The SMILES string of the molecule is COCC[C@H](Oc1ncnc2c1cnn2-c1ccccc1OC)C(=O)Nc1nc(C)cs1. The zero-order valence-corrected chi connectivity index (χ0v) is 18.6. The molecule has 0 spiro atoms. The number of rotatable bonds is 9. The van der Waals surface area contributed by atoms with E-state index in [2.05, 4.69) is 25.4 Å². The summed E-state index contributed by atoms with van der Waals surface area (Å²) in [6.45, 7) is 2.20. The van der Waals surface area contributed by atoms with Crippen molar-refractivity contribution >= 4 is 33.4 Å². The van der Waals surface area contributed by atoms with Crippen LogP contribution in [0.3, 0.4) is 0 Å². The molecule has 10 nitrogen and oxygen atoms in total. The highest BCUT2D eigenvalue weighted by Crippen LogP contribution is 2.28. The first-order chi connectivity index (χ1) is 15.6. The third kappa shape index (κ3) is 4.53. The van der Waals surface area contributed by atoms with Crippen LogP contribution in [-0.2, 0) is 9.53 Å². The van der Waals surface area contributed by atoms with Crippen LogP contribution in [-0.4, -0.2) is 57.6 Å². The fourth-order valence-electron chi connectivity index (χ4n) is 3.10.